The minimum atomic E-state index is -0.619. The van der Waals surface area contributed by atoms with E-state index in [1.165, 1.54) is 6.07 Å². The van der Waals surface area contributed by atoms with Crippen LogP contribution < -0.4 is 20.4 Å². The molecule has 5 rings (SSSR count). The van der Waals surface area contributed by atoms with Crippen LogP contribution in [0, 0.1) is 5.82 Å². The lowest BCUT2D eigenvalue weighted by molar-refractivity contribution is -0.133. The van der Waals surface area contributed by atoms with E-state index in [0.717, 1.165) is 63.6 Å². The predicted molar refractivity (Wildman–Crippen MR) is 152 cm³/mol. The summed E-state index contributed by atoms with van der Waals surface area (Å²) in [5.41, 5.74) is 0.705. The first-order valence-electron chi connectivity index (χ1n) is 14.3. The number of piperazine rings is 1. The van der Waals surface area contributed by atoms with Gasteiger partial charge >= 0.3 is 5.97 Å². The van der Waals surface area contributed by atoms with Gasteiger partial charge in [0.15, 0.2) is 11.5 Å². The van der Waals surface area contributed by atoms with E-state index in [2.05, 4.69) is 35.5 Å². The molecule has 0 radical (unpaired) electrons. The van der Waals surface area contributed by atoms with Gasteiger partial charge < -0.3 is 19.9 Å². The minimum absolute atomic E-state index is 0.205. The molecular formula is C29H38FN7O4. The second-order valence-corrected chi connectivity index (χ2v) is 11.8. The van der Waals surface area contributed by atoms with Gasteiger partial charge in [-0.05, 0) is 70.4 Å². The van der Waals surface area contributed by atoms with Crippen LogP contribution in [0.1, 0.15) is 56.9 Å². The Balaban J connectivity index is 1.08. The number of nitrogens with one attached hydrogen (secondary N) is 2. The monoisotopic (exact) mass is 567 g/mol. The number of anilines is 3. The van der Waals surface area contributed by atoms with Crippen molar-refractivity contribution in [2.24, 2.45) is 0 Å². The number of carbonyl (C=O) groups excluding carboxylic acids is 3. The van der Waals surface area contributed by atoms with Crippen LogP contribution in [0.2, 0.25) is 0 Å². The van der Waals surface area contributed by atoms with Crippen LogP contribution in [0.3, 0.4) is 0 Å². The number of benzene rings is 1. The first kappa shape index (κ1) is 28.7. The molecule has 0 aliphatic carbocycles. The van der Waals surface area contributed by atoms with Crippen molar-refractivity contribution < 1.29 is 23.5 Å². The van der Waals surface area contributed by atoms with Crippen LogP contribution >= 0.6 is 0 Å². The zero-order chi connectivity index (χ0) is 29.1. The number of ether oxygens (including phenoxy) is 1. The van der Waals surface area contributed by atoms with E-state index in [-0.39, 0.29) is 23.7 Å². The fourth-order valence-corrected chi connectivity index (χ4v) is 5.58. The smallest absolute Gasteiger partial charge is 0.359 e. The normalized spacial score (nSPS) is 21.0. The summed E-state index contributed by atoms with van der Waals surface area (Å²) in [5.74, 6) is -0.843. The quantitative estimate of drug-likeness (QED) is 0.398. The number of esters is 1. The molecule has 1 atom stereocenters. The maximum Gasteiger partial charge on any atom is 0.359 e. The molecule has 0 bridgehead atoms. The highest BCUT2D eigenvalue weighted by Gasteiger charge is 2.30. The van der Waals surface area contributed by atoms with Gasteiger partial charge in [-0.25, -0.2) is 9.18 Å². The largest absolute Gasteiger partial charge is 0.455 e. The Hall–Kier alpha value is -3.80. The maximum atomic E-state index is 14.9. The molecule has 1 unspecified atom stereocenters. The lowest BCUT2D eigenvalue weighted by atomic mass is 10.0. The molecule has 2 N–H and O–H groups in total. The average Bonchev–Trinajstić information content (AvgIpc) is 2.95. The summed E-state index contributed by atoms with van der Waals surface area (Å²) in [6.45, 7) is 10.6. The molecule has 220 valence electrons. The summed E-state index contributed by atoms with van der Waals surface area (Å²) in [7, 11) is 0. The molecule has 0 spiro atoms. The second-order valence-electron chi connectivity index (χ2n) is 11.8. The Kier molecular flexibility index (Phi) is 8.39. The maximum absolute atomic E-state index is 14.9. The summed E-state index contributed by atoms with van der Waals surface area (Å²) in [4.78, 5) is 42.5. The number of imide groups is 1. The van der Waals surface area contributed by atoms with Gasteiger partial charge in [0.25, 0.3) is 0 Å². The van der Waals surface area contributed by atoms with Gasteiger partial charge in [-0.1, -0.05) is 0 Å². The van der Waals surface area contributed by atoms with Crippen molar-refractivity contribution in [3.05, 3.63) is 41.8 Å². The lowest BCUT2D eigenvalue weighted by Crippen LogP contribution is -2.53. The molecule has 41 heavy (non-hydrogen) atoms. The van der Waals surface area contributed by atoms with Gasteiger partial charge in [0.05, 0.1) is 5.69 Å². The molecule has 0 saturated carbocycles. The molecule has 3 saturated heterocycles. The van der Waals surface area contributed by atoms with E-state index in [0.29, 0.717) is 12.5 Å². The Morgan fingerprint density at radius 2 is 1.71 bits per heavy atom. The zero-order valence-corrected chi connectivity index (χ0v) is 23.9. The van der Waals surface area contributed by atoms with Crippen LogP contribution in [0.15, 0.2) is 30.3 Å². The summed E-state index contributed by atoms with van der Waals surface area (Å²) in [5, 5.41) is 13.6. The van der Waals surface area contributed by atoms with E-state index in [4.69, 9.17) is 4.74 Å². The van der Waals surface area contributed by atoms with Crippen LogP contribution in [0.4, 0.5) is 21.6 Å². The number of halogens is 1. The first-order valence-corrected chi connectivity index (χ1v) is 14.3. The molecule has 1 aromatic heterocycles. The summed E-state index contributed by atoms with van der Waals surface area (Å²) in [6, 6.07) is 8.40. The third-order valence-electron chi connectivity index (χ3n) is 7.76. The number of carbonyl (C=O) groups is 3. The van der Waals surface area contributed by atoms with Gasteiger partial charge in [-0.15, -0.1) is 10.2 Å². The lowest BCUT2D eigenvalue weighted by Gasteiger charge is -2.43. The van der Waals surface area contributed by atoms with E-state index < -0.39 is 29.3 Å². The molecule has 3 aliphatic rings. The Labute approximate surface area is 239 Å². The number of amides is 2. The molecule has 1 aromatic carbocycles. The number of rotatable bonds is 6. The summed E-state index contributed by atoms with van der Waals surface area (Å²) in [6.07, 6.45) is 2.60. The number of aromatic nitrogens is 2. The van der Waals surface area contributed by atoms with E-state index in [1.807, 2.05) is 32.9 Å². The van der Waals surface area contributed by atoms with Crippen LogP contribution in [-0.4, -0.2) is 89.8 Å². The topological polar surface area (TPSA) is 120 Å². The SMILES string of the molecule is CC(C)(C)OC(=O)c1ccc(N2CCC(N3CCN(c4ccc(NC5CCC(=O)NC5=O)c(F)c4)CC3)CC2)nn1. The fraction of sp³-hybridized carbons (Fsp3) is 0.552. The van der Waals surface area contributed by atoms with Crippen molar-refractivity contribution in [2.75, 3.05) is 54.4 Å². The number of nitrogens with zero attached hydrogens (tertiary/aromatic N) is 5. The highest BCUT2D eigenvalue weighted by Crippen LogP contribution is 2.27. The molecule has 11 nitrogen and oxygen atoms in total. The van der Waals surface area contributed by atoms with Crippen LogP contribution in [0.5, 0.6) is 0 Å². The van der Waals surface area contributed by atoms with Gasteiger partial charge in [0, 0.05) is 57.4 Å². The summed E-state index contributed by atoms with van der Waals surface area (Å²) >= 11 is 0. The Morgan fingerprint density at radius 3 is 2.32 bits per heavy atom. The van der Waals surface area contributed by atoms with Crippen molar-refractivity contribution in [2.45, 2.75) is 64.1 Å². The van der Waals surface area contributed by atoms with Gasteiger partial charge in [0.2, 0.25) is 11.8 Å². The van der Waals surface area contributed by atoms with Gasteiger partial charge in [-0.2, -0.15) is 0 Å². The highest BCUT2D eigenvalue weighted by atomic mass is 19.1. The summed E-state index contributed by atoms with van der Waals surface area (Å²) < 4.78 is 20.3. The molecule has 12 heteroatoms. The van der Waals surface area contributed by atoms with Crippen LogP contribution in [0.25, 0.3) is 0 Å². The number of hydrogen-bond acceptors (Lipinski definition) is 10. The van der Waals surface area contributed by atoms with Crippen molar-refractivity contribution in [3.63, 3.8) is 0 Å². The second kappa shape index (κ2) is 12.0. The van der Waals surface area contributed by atoms with E-state index in [9.17, 15) is 18.8 Å². The van der Waals surface area contributed by atoms with Crippen LogP contribution in [-0.2, 0) is 14.3 Å². The van der Waals surface area contributed by atoms with Crippen molar-refractivity contribution in [1.29, 1.82) is 0 Å². The molecule has 2 aromatic rings. The van der Waals surface area contributed by atoms with Crippen molar-refractivity contribution >= 4 is 35.0 Å². The molecule has 3 fully saturated rings. The van der Waals surface area contributed by atoms with Gasteiger partial charge in [-0.3, -0.25) is 19.8 Å². The molecular weight excluding hydrogens is 529 g/mol. The number of piperidine rings is 2. The third kappa shape index (κ3) is 7.10. The number of hydrogen-bond donors (Lipinski definition) is 2. The molecule has 3 aliphatic heterocycles. The third-order valence-corrected chi connectivity index (χ3v) is 7.76. The van der Waals surface area contributed by atoms with Crippen molar-refractivity contribution in [3.8, 4) is 0 Å². The fourth-order valence-electron chi connectivity index (χ4n) is 5.58. The Bertz CT molecular complexity index is 1270. The predicted octanol–water partition coefficient (Wildman–Crippen LogP) is 2.58. The van der Waals surface area contributed by atoms with E-state index >= 15 is 0 Å². The first-order chi connectivity index (χ1) is 19.6. The zero-order valence-electron chi connectivity index (χ0n) is 23.9. The minimum Gasteiger partial charge on any atom is -0.455 e. The average molecular weight is 568 g/mol. The molecule has 2 amide bonds. The van der Waals surface area contributed by atoms with Gasteiger partial charge in [0.1, 0.15) is 17.5 Å². The standard InChI is InChI=1S/C29H38FN7O4/c1-29(2,3)41-28(40)24-6-8-25(34-33-24)37-12-10-19(11-13-37)35-14-16-36(17-15-35)20-4-5-22(21(30)18-20)31-23-7-9-26(38)32-27(23)39/h4-6,8,18-19,23,31H,7,9-17H2,1-3H3,(H,32,38,39). The highest BCUT2D eigenvalue weighted by molar-refractivity contribution is 6.01. The van der Waals surface area contributed by atoms with Crippen molar-refractivity contribution in [1.82, 2.24) is 20.4 Å². The Morgan fingerprint density at radius 1 is 0.976 bits per heavy atom. The van der Waals surface area contributed by atoms with E-state index in [1.54, 1.807) is 12.1 Å². The molecule has 4 heterocycles.